The molecule has 4 aromatic rings. The second-order valence-corrected chi connectivity index (χ2v) is 8.40. The standard InChI is InChI=1S/C25H27N5O2/c1-26-24(31)17-29-22-8-4-5-9-23(22)30(25(29)32)20-12-14-28(15-13-20)16-19-11-10-18-6-2-3-7-21(18)27-19/h2-11,20H,12-17H2,1H3,(H,26,31). The number of likely N-dealkylation sites (N-methyl/N-ethyl adjacent to an activating group) is 1. The normalized spacial score (nSPS) is 15.4. The number of carbonyl (C=O) groups excluding carboxylic acids is 1. The quantitative estimate of drug-likeness (QED) is 0.530. The minimum atomic E-state index is -0.173. The lowest BCUT2D eigenvalue weighted by Gasteiger charge is -2.32. The number of piperidine rings is 1. The molecule has 0 aliphatic carbocycles. The van der Waals surface area contributed by atoms with E-state index in [2.05, 4.69) is 28.4 Å². The number of amides is 1. The summed E-state index contributed by atoms with van der Waals surface area (Å²) < 4.78 is 3.48. The third-order valence-electron chi connectivity index (χ3n) is 6.41. The van der Waals surface area contributed by atoms with Gasteiger partial charge >= 0.3 is 5.69 Å². The molecule has 1 aliphatic rings. The maximum absolute atomic E-state index is 13.3. The number of hydrogen-bond donors (Lipinski definition) is 1. The molecule has 0 radical (unpaired) electrons. The summed E-state index contributed by atoms with van der Waals surface area (Å²) in [5, 5.41) is 3.77. The van der Waals surface area contributed by atoms with Gasteiger partial charge in [-0.15, -0.1) is 0 Å². The van der Waals surface area contributed by atoms with Gasteiger partial charge in [-0.2, -0.15) is 0 Å². The summed E-state index contributed by atoms with van der Waals surface area (Å²) >= 11 is 0. The van der Waals surface area contributed by atoms with Crippen molar-refractivity contribution in [2.45, 2.75) is 32.0 Å². The van der Waals surface area contributed by atoms with Crippen LogP contribution in [0.4, 0.5) is 0 Å². The van der Waals surface area contributed by atoms with E-state index >= 15 is 0 Å². The SMILES string of the molecule is CNC(=O)Cn1c(=O)n(C2CCN(Cc3ccc4ccccc4n3)CC2)c2ccccc21. The van der Waals surface area contributed by atoms with Gasteiger partial charge < -0.3 is 5.32 Å². The molecule has 2 aromatic heterocycles. The van der Waals surface area contributed by atoms with E-state index in [1.807, 2.05) is 47.0 Å². The number of nitrogens with zero attached hydrogens (tertiary/aromatic N) is 4. The highest BCUT2D eigenvalue weighted by Crippen LogP contribution is 2.26. The molecule has 32 heavy (non-hydrogen) atoms. The Morgan fingerprint density at radius 2 is 1.72 bits per heavy atom. The molecule has 0 saturated carbocycles. The first-order valence-electron chi connectivity index (χ1n) is 11.1. The van der Waals surface area contributed by atoms with Crippen molar-refractivity contribution in [2.75, 3.05) is 20.1 Å². The summed E-state index contributed by atoms with van der Waals surface area (Å²) in [7, 11) is 1.59. The van der Waals surface area contributed by atoms with Gasteiger partial charge in [0.05, 0.1) is 22.2 Å². The minimum absolute atomic E-state index is 0.0370. The third-order valence-corrected chi connectivity index (χ3v) is 6.41. The van der Waals surface area contributed by atoms with Gasteiger partial charge in [0.2, 0.25) is 5.91 Å². The van der Waals surface area contributed by atoms with Gasteiger partial charge in [-0.3, -0.25) is 23.8 Å². The number of fused-ring (bicyclic) bond motifs is 2. The Bertz CT molecular complexity index is 1330. The fourth-order valence-corrected chi connectivity index (χ4v) is 4.72. The molecule has 0 spiro atoms. The van der Waals surface area contributed by atoms with Crippen LogP contribution in [0.5, 0.6) is 0 Å². The first-order valence-corrected chi connectivity index (χ1v) is 11.1. The molecule has 7 heteroatoms. The predicted octanol–water partition coefficient (Wildman–Crippen LogP) is 2.93. The fraction of sp³-hybridized carbons (Fsp3) is 0.320. The van der Waals surface area contributed by atoms with Crippen molar-refractivity contribution in [2.24, 2.45) is 0 Å². The maximum Gasteiger partial charge on any atom is 0.329 e. The van der Waals surface area contributed by atoms with Crippen LogP contribution in [0.2, 0.25) is 0 Å². The van der Waals surface area contributed by atoms with Crippen LogP contribution < -0.4 is 11.0 Å². The van der Waals surface area contributed by atoms with E-state index in [9.17, 15) is 9.59 Å². The van der Waals surface area contributed by atoms with E-state index in [-0.39, 0.29) is 24.2 Å². The zero-order chi connectivity index (χ0) is 22.1. The Morgan fingerprint density at radius 3 is 2.50 bits per heavy atom. The highest BCUT2D eigenvalue weighted by molar-refractivity contribution is 5.81. The van der Waals surface area contributed by atoms with Gasteiger partial charge in [0, 0.05) is 38.1 Å². The maximum atomic E-state index is 13.3. The average Bonchev–Trinajstić information content (AvgIpc) is 3.10. The zero-order valence-electron chi connectivity index (χ0n) is 18.2. The van der Waals surface area contributed by atoms with Gasteiger partial charge in [-0.05, 0) is 37.1 Å². The average molecular weight is 430 g/mol. The minimum Gasteiger partial charge on any atom is -0.358 e. The third kappa shape index (κ3) is 3.80. The van der Waals surface area contributed by atoms with Crippen molar-refractivity contribution in [3.63, 3.8) is 0 Å². The lowest BCUT2D eigenvalue weighted by atomic mass is 10.0. The summed E-state index contributed by atoms with van der Waals surface area (Å²) in [6.45, 7) is 2.65. The molecule has 0 bridgehead atoms. The van der Waals surface area contributed by atoms with Gasteiger partial charge in [0.1, 0.15) is 6.54 Å². The molecule has 2 aromatic carbocycles. The van der Waals surface area contributed by atoms with Crippen molar-refractivity contribution in [3.05, 3.63) is 76.8 Å². The summed E-state index contributed by atoms with van der Waals surface area (Å²) in [6.07, 6.45) is 1.78. The van der Waals surface area contributed by atoms with Crippen LogP contribution in [0.1, 0.15) is 24.6 Å². The van der Waals surface area contributed by atoms with Crippen LogP contribution in [0.25, 0.3) is 21.9 Å². The van der Waals surface area contributed by atoms with Crippen molar-refractivity contribution >= 4 is 27.8 Å². The molecule has 164 valence electrons. The van der Waals surface area contributed by atoms with E-state index in [1.165, 1.54) is 0 Å². The van der Waals surface area contributed by atoms with Crippen LogP contribution >= 0.6 is 0 Å². The van der Waals surface area contributed by atoms with Gasteiger partial charge in [0.15, 0.2) is 0 Å². The highest BCUT2D eigenvalue weighted by atomic mass is 16.2. The highest BCUT2D eigenvalue weighted by Gasteiger charge is 2.25. The number of carbonyl (C=O) groups is 1. The molecule has 5 rings (SSSR count). The Hall–Kier alpha value is -3.45. The van der Waals surface area contributed by atoms with E-state index < -0.39 is 0 Å². The molecule has 1 saturated heterocycles. The zero-order valence-corrected chi connectivity index (χ0v) is 18.2. The number of aromatic nitrogens is 3. The van der Waals surface area contributed by atoms with E-state index in [1.54, 1.807) is 11.6 Å². The second kappa shape index (κ2) is 8.59. The lowest BCUT2D eigenvalue weighted by Crippen LogP contribution is -2.38. The van der Waals surface area contributed by atoms with Gasteiger partial charge in [0.25, 0.3) is 0 Å². The molecule has 1 aliphatic heterocycles. The molecule has 7 nitrogen and oxygen atoms in total. The van der Waals surface area contributed by atoms with Crippen molar-refractivity contribution in [1.29, 1.82) is 0 Å². The Morgan fingerprint density at radius 1 is 1.00 bits per heavy atom. The van der Waals surface area contributed by atoms with Crippen LogP contribution in [-0.4, -0.2) is 45.1 Å². The fourth-order valence-electron chi connectivity index (χ4n) is 4.72. The van der Waals surface area contributed by atoms with Crippen LogP contribution in [-0.2, 0) is 17.9 Å². The number of hydrogen-bond acceptors (Lipinski definition) is 4. The number of imidazole rings is 1. The van der Waals surface area contributed by atoms with E-state index in [0.29, 0.717) is 0 Å². The van der Waals surface area contributed by atoms with Gasteiger partial charge in [-0.1, -0.05) is 36.4 Å². The van der Waals surface area contributed by atoms with Crippen molar-refractivity contribution in [3.8, 4) is 0 Å². The van der Waals surface area contributed by atoms with E-state index in [0.717, 1.165) is 60.1 Å². The second-order valence-electron chi connectivity index (χ2n) is 8.40. The monoisotopic (exact) mass is 429 g/mol. The van der Waals surface area contributed by atoms with Crippen LogP contribution in [0.15, 0.2) is 65.5 Å². The lowest BCUT2D eigenvalue weighted by molar-refractivity contribution is -0.121. The summed E-state index contributed by atoms with van der Waals surface area (Å²) in [6, 6.07) is 20.3. The van der Waals surface area contributed by atoms with Crippen LogP contribution in [0, 0.1) is 0 Å². The number of para-hydroxylation sites is 3. The molecule has 3 heterocycles. The largest absolute Gasteiger partial charge is 0.358 e. The van der Waals surface area contributed by atoms with Crippen molar-refractivity contribution in [1.82, 2.24) is 24.3 Å². The molecule has 1 amide bonds. The molecule has 1 fully saturated rings. The number of nitrogens with one attached hydrogen (secondary N) is 1. The Labute approximate surface area is 186 Å². The van der Waals surface area contributed by atoms with Crippen LogP contribution in [0.3, 0.4) is 0 Å². The predicted molar refractivity (Wildman–Crippen MR) is 126 cm³/mol. The number of likely N-dealkylation sites (tertiary alicyclic amines) is 1. The summed E-state index contributed by atoms with van der Waals surface area (Å²) in [5.41, 5.74) is 3.70. The number of rotatable bonds is 5. The topological polar surface area (TPSA) is 72.2 Å². The van der Waals surface area contributed by atoms with E-state index in [4.69, 9.17) is 4.98 Å². The van der Waals surface area contributed by atoms with Crippen molar-refractivity contribution < 1.29 is 4.79 Å². The number of benzene rings is 2. The molecular weight excluding hydrogens is 402 g/mol. The number of pyridine rings is 1. The molecular formula is C25H27N5O2. The molecule has 0 atom stereocenters. The molecule has 1 N–H and O–H groups in total. The first-order chi connectivity index (χ1) is 15.6. The first kappa shape index (κ1) is 20.5. The summed E-state index contributed by atoms with van der Waals surface area (Å²) in [5.74, 6) is -0.173. The van der Waals surface area contributed by atoms with Gasteiger partial charge in [-0.25, -0.2) is 4.79 Å². The summed E-state index contributed by atoms with van der Waals surface area (Å²) in [4.78, 5) is 32.4. The Kier molecular flexibility index (Phi) is 5.49. The molecule has 0 unspecified atom stereocenters. The Balaban J connectivity index is 1.34. The smallest absolute Gasteiger partial charge is 0.329 e.